The number of anilines is 1. The van der Waals surface area contributed by atoms with Gasteiger partial charge in [0, 0.05) is 12.6 Å². The van der Waals surface area contributed by atoms with Crippen molar-refractivity contribution in [1.82, 2.24) is 4.90 Å². The monoisotopic (exact) mass is 300 g/mol. The van der Waals surface area contributed by atoms with Gasteiger partial charge in [-0.05, 0) is 31.9 Å². The fourth-order valence-electron chi connectivity index (χ4n) is 2.94. The number of para-hydroxylation sites is 1. The maximum Gasteiger partial charge on any atom is 0.418 e. The molecule has 2 rings (SSSR count). The van der Waals surface area contributed by atoms with Crippen LogP contribution in [0.2, 0.25) is 0 Å². The van der Waals surface area contributed by atoms with E-state index in [1.807, 2.05) is 6.92 Å². The van der Waals surface area contributed by atoms with Crippen LogP contribution in [0.15, 0.2) is 18.2 Å². The van der Waals surface area contributed by atoms with Crippen LogP contribution in [-0.2, 0) is 6.18 Å². The Hall–Kier alpha value is -1.72. The van der Waals surface area contributed by atoms with E-state index in [4.69, 9.17) is 5.73 Å². The van der Waals surface area contributed by atoms with E-state index in [1.54, 1.807) is 4.90 Å². The zero-order chi connectivity index (χ0) is 15.6. The summed E-state index contributed by atoms with van der Waals surface area (Å²) in [6, 6.07) is 3.61. The quantitative estimate of drug-likeness (QED) is 0.865. The van der Waals surface area contributed by atoms with Gasteiger partial charge in [-0.2, -0.15) is 13.2 Å². The highest BCUT2D eigenvalue weighted by molar-refractivity contribution is 6.00. The maximum absolute atomic E-state index is 12.9. The van der Waals surface area contributed by atoms with Gasteiger partial charge in [0.2, 0.25) is 0 Å². The molecule has 1 fully saturated rings. The fraction of sp³-hybridized carbons (Fsp3) is 0.533. The summed E-state index contributed by atoms with van der Waals surface area (Å²) in [5.74, 6) is -0.409. The number of hydrogen-bond acceptors (Lipinski definition) is 2. The molecule has 2 N–H and O–H groups in total. The van der Waals surface area contributed by atoms with Gasteiger partial charge < -0.3 is 10.6 Å². The first kappa shape index (κ1) is 15.7. The van der Waals surface area contributed by atoms with Crippen molar-refractivity contribution < 1.29 is 18.0 Å². The van der Waals surface area contributed by atoms with Gasteiger partial charge in [0.15, 0.2) is 0 Å². The smallest absolute Gasteiger partial charge is 0.398 e. The van der Waals surface area contributed by atoms with E-state index in [0.29, 0.717) is 6.54 Å². The molecule has 6 heteroatoms. The van der Waals surface area contributed by atoms with Crippen molar-refractivity contribution >= 4 is 11.6 Å². The van der Waals surface area contributed by atoms with Crippen LogP contribution in [0.25, 0.3) is 0 Å². The number of nitrogens with two attached hydrogens (primary N) is 1. The molecule has 0 bridgehead atoms. The van der Waals surface area contributed by atoms with Gasteiger partial charge in [-0.25, -0.2) is 0 Å². The summed E-state index contributed by atoms with van der Waals surface area (Å²) >= 11 is 0. The van der Waals surface area contributed by atoms with Crippen LogP contribution in [-0.4, -0.2) is 23.4 Å². The van der Waals surface area contributed by atoms with Crippen LogP contribution < -0.4 is 5.73 Å². The van der Waals surface area contributed by atoms with Crippen molar-refractivity contribution in [1.29, 1.82) is 0 Å². The number of hydrogen-bond donors (Lipinski definition) is 1. The topological polar surface area (TPSA) is 46.3 Å². The van der Waals surface area contributed by atoms with Crippen molar-refractivity contribution in [3.8, 4) is 0 Å². The van der Waals surface area contributed by atoms with Gasteiger partial charge >= 0.3 is 6.18 Å². The van der Waals surface area contributed by atoms with Crippen molar-refractivity contribution in [3.05, 3.63) is 29.3 Å². The molecule has 1 saturated carbocycles. The summed E-state index contributed by atoms with van der Waals surface area (Å²) in [7, 11) is 0. The van der Waals surface area contributed by atoms with E-state index in [9.17, 15) is 18.0 Å². The van der Waals surface area contributed by atoms with E-state index in [0.717, 1.165) is 31.7 Å². The first-order chi connectivity index (χ1) is 9.86. The molecule has 1 aliphatic carbocycles. The molecule has 0 radical (unpaired) electrons. The molecule has 3 nitrogen and oxygen atoms in total. The van der Waals surface area contributed by atoms with Crippen molar-refractivity contribution in [2.75, 3.05) is 12.3 Å². The van der Waals surface area contributed by atoms with Crippen LogP contribution in [0.4, 0.5) is 18.9 Å². The summed E-state index contributed by atoms with van der Waals surface area (Å²) in [5.41, 5.74) is 4.11. The molecule has 0 spiro atoms. The molecule has 0 aromatic heterocycles. The number of halogens is 3. The lowest BCUT2D eigenvalue weighted by Gasteiger charge is -2.28. The largest absolute Gasteiger partial charge is 0.418 e. The minimum absolute atomic E-state index is 0.0569. The van der Waals surface area contributed by atoms with Gasteiger partial charge in [0.05, 0.1) is 16.8 Å². The molecule has 0 saturated heterocycles. The van der Waals surface area contributed by atoms with Gasteiger partial charge in [0.25, 0.3) is 5.91 Å². The molecule has 1 aromatic rings. The van der Waals surface area contributed by atoms with Crippen LogP contribution in [0.1, 0.15) is 48.5 Å². The van der Waals surface area contributed by atoms with Crippen LogP contribution in [0, 0.1) is 0 Å². The minimum atomic E-state index is -4.55. The zero-order valence-corrected chi connectivity index (χ0v) is 11.9. The highest BCUT2D eigenvalue weighted by atomic mass is 19.4. The average molecular weight is 300 g/mol. The van der Waals surface area contributed by atoms with Gasteiger partial charge in [-0.15, -0.1) is 0 Å². The standard InChI is InChI=1S/C15H19F3N2O/c1-2-20(10-6-3-4-7-10)14(21)11-8-5-9-12(13(11)19)15(16,17)18/h5,8-10H,2-4,6-7,19H2,1H3. The number of amides is 1. The molecular formula is C15H19F3N2O. The average Bonchev–Trinajstić information content (AvgIpc) is 2.92. The lowest BCUT2D eigenvalue weighted by Crippen LogP contribution is -2.39. The van der Waals surface area contributed by atoms with Crippen LogP contribution >= 0.6 is 0 Å². The second kappa shape index (κ2) is 5.95. The Morgan fingerprint density at radius 2 is 1.95 bits per heavy atom. The summed E-state index contributed by atoms with van der Waals surface area (Å²) in [6.45, 7) is 2.30. The third-order valence-corrected chi connectivity index (χ3v) is 4.01. The van der Waals surface area contributed by atoms with E-state index in [1.165, 1.54) is 12.1 Å². The Morgan fingerprint density at radius 1 is 1.33 bits per heavy atom. The number of nitrogens with zero attached hydrogens (tertiary/aromatic N) is 1. The van der Waals surface area contributed by atoms with Crippen molar-refractivity contribution in [2.24, 2.45) is 0 Å². The van der Waals surface area contributed by atoms with E-state index in [-0.39, 0.29) is 11.6 Å². The van der Waals surface area contributed by atoms with Crippen LogP contribution in [0.3, 0.4) is 0 Å². The molecule has 0 aliphatic heterocycles. The number of carbonyl (C=O) groups is 1. The summed E-state index contributed by atoms with van der Waals surface area (Å²) in [4.78, 5) is 14.2. The lowest BCUT2D eigenvalue weighted by molar-refractivity contribution is -0.136. The number of benzene rings is 1. The molecule has 1 aromatic carbocycles. The highest BCUT2D eigenvalue weighted by Gasteiger charge is 2.35. The Kier molecular flexibility index (Phi) is 4.44. The Morgan fingerprint density at radius 3 is 2.48 bits per heavy atom. The summed E-state index contributed by atoms with van der Waals surface area (Å²) in [6.07, 6.45) is -0.652. The highest BCUT2D eigenvalue weighted by Crippen LogP contribution is 2.35. The molecular weight excluding hydrogens is 281 g/mol. The van der Waals surface area contributed by atoms with Gasteiger partial charge in [0.1, 0.15) is 0 Å². The fourth-order valence-corrected chi connectivity index (χ4v) is 2.94. The predicted octanol–water partition coefficient (Wildman–Crippen LogP) is 3.69. The molecule has 1 amide bonds. The van der Waals surface area contributed by atoms with Crippen LogP contribution in [0.5, 0.6) is 0 Å². The normalized spacial score (nSPS) is 16.2. The number of rotatable bonds is 3. The Labute approximate surface area is 121 Å². The first-order valence-corrected chi connectivity index (χ1v) is 7.13. The Bertz CT molecular complexity index is 522. The predicted molar refractivity (Wildman–Crippen MR) is 74.8 cm³/mol. The molecule has 0 atom stereocenters. The Balaban J connectivity index is 2.34. The second-order valence-electron chi connectivity index (χ2n) is 5.29. The molecule has 0 heterocycles. The summed E-state index contributed by atoms with van der Waals surface area (Å²) < 4.78 is 38.6. The maximum atomic E-state index is 12.9. The molecule has 0 unspecified atom stereocenters. The van der Waals surface area contributed by atoms with Crippen molar-refractivity contribution in [3.63, 3.8) is 0 Å². The van der Waals surface area contributed by atoms with Crippen molar-refractivity contribution in [2.45, 2.75) is 44.8 Å². The molecule has 116 valence electrons. The van der Waals surface area contributed by atoms with E-state index >= 15 is 0 Å². The number of nitrogen functional groups attached to an aromatic ring is 1. The van der Waals surface area contributed by atoms with E-state index in [2.05, 4.69) is 0 Å². The third kappa shape index (κ3) is 3.14. The third-order valence-electron chi connectivity index (χ3n) is 4.01. The summed E-state index contributed by atoms with van der Waals surface area (Å²) in [5, 5.41) is 0. The first-order valence-electron chi connectivity index (χ1n) is 7.13. The molecule has 1 aliphatic rings. The van der Waals surface area contributed by atoms with E-state index < -0.39 is 23.3 Å². The minimum Gasteiger partial charge on any atom is -0.398 e. The zero-order valence-electron chi connectivity index (χ0n) is 11.9. The van der Waals surface area contributed by atoms with Gasteiger partial charge in [-0.1, -0.05) is 18.9 Å². The molecule has 21 heavy (non-hydrogen) atoms. The number of carbonyl (C=O) groups excluding carboxylic acids is 1. The number of alkyl halides is 3. The second-order valence-corrected chi connectivity index (χ2v) is 5.29. The SMILES string of the molecule is CCN(C(=O)c1cccc(C(F)(F)F)c1N)C1CCCC1. The lowest BCUT2D eigenvalue weighted by atomic mass is 10.0. The van der Waals surface area contributed by atoms with Gasteiger partial charge in [-0.3, -0.25) is 4.79 Å².